The number of aliphatic hydroxyl groups is 1. The van der Waals surface area contributed by atoms with E-state index in [0.29, 0.717) is 5.92 Å². The average molecular weight is 404 g/mol. The van der Waals surface area contributed by atoms with Crippen LogP contribution in [0, 0.1) is 5.41 Å². The molecular formula is C26H33N3O. The molecule has 1 saturated heterocycles. The Bertz CT molecular complexity index is 997. The first-order chi connectivity index (χ1) is 14.0. The third-order valence-electron chi connectivity index (χ3n) is 6.64. The second-order valence-electron chi connectivity index (χ2n) is 10.2. The number of aliphatic imine (C=N–C) groups is 1. The van der Waals surface area contributed by atoms with Gasteiger partial charge in [0.25, 0.3) is 0 Å². The average Bonchev–Trinajstić information content (AvgIpc) is 3.06. The molecule has 1 atom stereocenters. The predicted octanol–water partition coefficient (Wildman–Crippen LogP) is 4.64. The van der Waals surface area contributed by atoms with Crippen molar-refractivity contribution in [2.75, 3.05) is 20.1 Å². The van der Waals surface area contributed by atoms with Crippen molar-refractivity contribution in [3.05, 3.63) is 71.1 Å². The summed E-state index contributed by atoms with van der Waals surface area (Å²) in [6.45, 7) is 12.4. The van der Waals surface area contributed by atoms with Crippen molar-refractivity contribution in [1.82, 2.24) is 9.88 Å². The van der Waals surface area contributed by atoms with Crippen LogP contribution < -0.4 is 0 Å². The van der Waals surface area contributed by atoms with Crippen LogP contribution in [-0.2, 0) is 5.60 Å². The molecule has 1 fully saturated rings. The lowest BCUT2D eigenvalue weighted by Crippen LogP contribution is -2.63. The van der Waals surface area contributed by atoms with Crippen molar-refractivity contribution >= 4 is 11.8 Å². The fourth-order valence-electron chi connectivity index (χ4n) is 4.99. The number of hydrogen-bond acceptors (Lipinski definition) is 4. The molecule has 0 saturated carbocycles. The van der Waals surface area contributed by atoms with Gasteiger partial charge in [-0.15, -0.1) is 0 Å². The van der Waals surface area contributed by atoms with Gasteiger partial charge in [0.1, 0.15) is 5.60 Å². The normalized spacial score (nSPS) is 21.9. The van der Waals surface area contributed by atoms with Gasteiger partial charge < -0.3 is 10.0 Å². The standard InChI is InChI=1S/C26H33N3O/c1-18(2)19-7-9-22(10-8-19)26(30,25(5)16-29(6)17-25)23-11-20(13-27-15-23)21-12-24(3,4)28-14-21/h7-15,18,30H,16-17H2,1-6H3/t26-/m0/s1. The van der Waals surface area contributed by atoms with Crippen LogP contribution in [0.2, 0.25) is 0 Å². The second kappa shape index (κ2) is 7.14. The van der Waals surface area contributed by atoms with Gasteiger partial charge >= 0.3 is 0 Å². The van der Waals surface area contributed by atoms with Crippen molar-refractivity contribution in [1.29, 1.82) is 0 Å². The molecule has 0 radical (unpaired) electrons. The molecule has 158 valence electrons. The number of pyridine rings is 1. The molecular weight excluding hydrogens is 370 g/mol. The highest BCUT2D eigenvalue weighted by Crippen LogP contribution is 2.50. The van der Waals surface area contributed by atoms with Crippen LogP contribution in [-0.4, -0.2) is 46.9 Å². The summed E-state index contributed by atoms with van der Waals surface area (Å²) >= 11 is 0. The van der Waals surface area contributed by atoms with E-state index in [4.69, 9.17) is 0 Å². The predicted molar refractivity (Wildman–Crippen MR) is 124 cm³/mol. The summed E-state index contributed by atoms with van der Waals surface area (Å²) in [5.74, 6) is 0.458. The van der Waals surface area contributed by atoms with Crippen LogP contribution in [0.5, 0.6) is 0 Å². The number of likely N-dealkylation sites (tertiary alicyclic amines) is 1. The molecule has 1 aromatic heterocycles. The Labute approximate surface area is 180 Å². The van der Waals surface area contributed by atoms with E-state index in [1.165, 1.54) is 5.56 Å². The molecule has 4 heteroatoms. The fraction of sp³-hybridized carbons (Fsp3) is 0.462. The minimum atomic E-state index is -1.12. The second-order valence-corrected chi connectivity index (χ2v) is 10.2. The smallest absolute Gasteiger partial charge is 0.124 e. The maximum atomic E-state index is 12.3. The van der Waals surface area contributed by atoms with Gasteiger partial charge in [-0.1, -0.05) is 45.0 Å². The Morgan fingerprint density at radius 2 is 1.70 bits per heavy atom. The van der Waals surface area contributed by atoms with E-state index < -0.39 is 5.60 Å². The van der Waals surface area contributed by atoms with E-state index in [1.54, 1.807) is 0 Å². The number of benzene rings is 1. The first-order valence-electron chi connectivity index (χ1n) is 10.8. The monoisotopic (exact) mass is 403 g/mol. The maximum absolute atomic E-state index is 12.3. The highest BCUT2D eigenvalue weighted by atomic mass is 16.3. The Morgan fingerprint density at radius 1 is 1.03 bits per heavy atom. The molecule has 2 aliphatic heterocycles. The minimum Gasteiger partial charge on any atom is -0.380 e. The summed E-state index contributed by atoms with van der Waals surface area (Å²) < 4.78 is 0. The summed E-state index contributed by atoms with van der Waals surface area (Å²) in [5.41, 5.74) is 3.49. The fourth-order valence-corrected chi connectivity index (χ4v) is 4.99. The zero-order valence-electron chi connectivity index (χ0n) is 19.0. The third kappa shape index (κ3) is 3.42. The quantitative estimate of drug-likeness (QED) is 0.791. The summed E-state index contributed by atoms with van der Waals surface area (Å²) in [5, 5.41) is 12.3. The first kappa shape index (κ1) is 21.0. The van der Waals surface area contributed by atoms with Crippen LogP contribution in [0.25, 0.3) is 5.57 Å². The van der Waals surface area contributed by atoms with E-state index in [-0.39, 0.29) is 11.0 Å². The van der Waals surface area contributed by atoms with Crippen LogP contribution in [0.15, 0.2) is 53.8 Å². The van der Waals surface area contributed by atoms with Crippen LogP contribution in [0.3, 0.4) is 0 Å². The molecule has 1 N–H and O–H groups in total. The van der Waals surface area contributed by atoms with E-state index in [1.807, 2.05) is 18.6 Å². The number of aromatic nitrogens is 1. The first-order valence-corrected chi connectivity index (χ1v) is 10.8. The SMILES string of the molecule is CC(C)c1ccc([C@](O)(c2cncc(C3=CC(C)(C)N=C3)c2)C2(C)CN(C)C2)cc1. The number of hydrogen-bond donors (Lipinski definition) is 1. The van der Waals surface area contributed by atoms with Crippen molar-refractivity contribution in [2.24, 2.45) is 10.4 Å². The topological polar surface area (TPSA) is 48.7 Å². The van der Waals surface area contributed by atoms with Crippen molar-refractivity contribution < 1.29 is 5.11 Å². The molecule has 0 amide bonds. The van der Waals surface area contributed by atoms with E-state index in [0.717, 1.165) is 35.4 Å². The lowest BCUT2D eigenvalue weighted by molar-refractivity contribution is -0.127. The summed E-state index contributed by atoms with van der Waals surface area (Å²) in [6, 6.07) is 10.5. The van der Waals surface area contributed by atoms with Crippen LogP contribution in [0.4, 0.5) is 0 Å². The van der Waals surface area contributed by atoms with E-state index in [2.05, 4.69) is 93.0 Å². The molecule has 3 heterocycles. The van der Waals surface area contributed by atoms with Gasteiger partial charge in [0.05, 0.1) is 5.54 Å². The molecule has 1 aromatic carbocycles. The number of allylic oxidation sites excluding steroid dienone is 1. The van der Waals surface area contributed by atoms with Crippen molar-refractivity contribution in [2.45, 2.75) is 51.7 Å². The molecule has 0 aliphatic carbocycles. The van der Waals surface area contributed by atoms with Crippen molar-refractivity contribution in [3.8, 4) is 0 Å². The Morgan fingerprint density at radius 3 is 2.23 bits per heavy atom. The van der Waals surface area contributed by atoms with Gasteiger partial charge in [0.2, 0.25) is 0 Å². The number of rotatable bonds is 5. The highest BCUT2D eigenvalue weighted by molar-refractivity contribution is 6.12. The molecule has 0 unspecified atom stereocenters. The summed E-state index contributed by atoms with van der Waals surface area (Å²) in [7, 11) is 2.10. The Kier molecular flexibility index (Phi) is 4.99. The van der Waals surface area contributed by atoms with E-state index in [9.17, 15) is 5.11 Å². The zero-order chi connectivity index (χ0) is 21.7. The molecule has 4 nitrogen and oxygen atoms in total. The Balaban J connectivity index is 1.82. The molecule has 30 heavy (non-hydrogen) atoms. The third-order valence-corrected chi connectivity index (χ3v) is 6.64. The summed E-state index contributed by atoms with van der Waals surface area (Å²) in [6.07, 6.45) is 7.75. The largest absolute Gasteiger partial charge is 0.380 e. The minimum absolute atomic E-state index is 0.197. The van der Waals surface area contributed by atoms with Gasteiger partial charge in [-0.05, 0) is 55.7 Å². The zero-order valence-corrected chi connectivity index (χ0v) is 19.0. The van der Waals surface area contributed by atoms with Gasteiger partial charge in [-0.2, -0.15) is 0 Å². The van der Waals surface area contributed by atoms with Gasteiger partial charge in [0, 0.05) is 48.2 Å². The lowest BCUT2D eigenvalue weighted by atomic mass is 9.62. The van der Waals surface area contributed by atoms with Crippen LogP contribution >= 0.6 is 0 Å². The van der Waals surface area contributed by atoms with Gasteiger partial charge in [-0.3, -0.25) is 9.98 Å². The van der Waals surface area contributed by atoms with Crippen LogP contribution in [0.1, 0.15) is 62.8 Å². The molecule has 0 bridgehead atoms. The van der Waals surface area contributed by atoms with Gasteiger partial charge in [0.15, 0.2) is 0 Å². The molecule has 0 spiro atoms. The Hall–Kier alpha value is -2.30. The summed E-state index contributed by atoms with van der Waals surface area (Å²) in [4.78, 5) is 11.4. The van der Waals surface area contributed by atoms with E-state index >= 15 is 0 Å². The maximum Gasteiger partial charge on any atom is 0.124 e. The molecule has 2 aromatic rings. The highest BCUT2D eigenvalue weighted by Gasteiger charge is 2.55. The van der Waals surface area contributed by atoms with Crippen molar-refractivity contribution in [3.63, 3.8) is 0 Å². The molecule has 2 aliphatic rings. The van der Waals surface area contributed by atoms with Gasteiger partial charge in [-0.25, -0.2) is 0 Å². The number of nitrogens with zero attached hydrogens (tertiary/aromatic N) is 3. The lowest BCUT2D eigenvalue weighted by Gasteiger charge is -2.56. The molecule has 4 rings (SSSR count).